The number of aryl methyl sites for hydroxylation is 1. The van der Waals surface area contributed by atoms with Crippen molar-refractivity contribution in [3.63, 3.8) is 0 Å². The highest BCUT2D eigenvalue weighted by atomic mass is 32.2. The lowest BCUT2D eigenvalue weighted by molar-refractivity contribution is -0.151. The van der Waals surface area contributed by atoms with E-state index in [0.717, 1.165) is 5.56 Å². The number of pyridine rings is 1. The number of nitrogens with one attached hydrogen (secondary N) is 1. The van der Waals surface area contributed by atoms with Crippen molar-refractivity contribution in [2.45, 2.75) is 37.5 Å². The molecule has 0 spiro atoms. The van der Waals surface area contributed by atoms with E-state index in [-0.39, 0.29) is 0 Å². The lowest BCUT2D eigenvalue weighted by atomic mass is 10.1. The molecule has 0 aliphatic carbocycles. The molecule has 22 heavy (non-hydrogen) atoms. The van der Waals surface area contributed by atoms with Crippen LogP contribution < -0.4 is 4.72 Å². The predicted octanol–water partition coefficient (Wildman–Crippen LogP) is 3.16. The van der Waals surface area contributed by atoms with Crippen molar-refractivity contribution in [2.24, 2.45) is 0 Å². The van der Waals surface area contributed by atoms with Crippen LogP contribution in [0, 0.1) is 6.92 Å². The zero-order chi connectivity index (χ0) is 16.5. The molecule has 1 N–H and O–H groups in total. The molecule has 0 radical (unpaired) electrons. The largest absolute Gasteiger partial charge is 0.404 e. The van der Waals surface area contributed by atoms with Crippen LogP contribution in [-0.2, 0) is 10.0 Å². The molecule has 0 amide bonds. The second-order valence-electron chi connectivity index (χ2n) is 4.92. The minimum absolute atomic E-state index is 0.298. The molecular formula is C14H15F3N2O2S. The van der Waals surface area contributed by atoms with E-state index in [1.165, 1.54) is 19.2 Å². The van der Waals surface area contributed by atoms with Gasteiger partial charge in [-0.1, -0.05) is 31.2 Å². The van der Waals surface area contributed by atoms with Crippen molar-refractivity contribution in [1.29, 1.82) is 0 Å². The van der Waals surface area contributed by atoms with E-state index in [4.69, 9.17) is 0 Å². The average Bonchev–Trinajstić information content (AvgIpc) is 2.44. The summed E-state index contributed by atoms with van der Waals surface area (Å²) in [5.41, 5.74) is 0.748. The van der Waals surface area contributed by atoms with Crippen LogP contribution in [-0.4, -0.2) is 25.6 Å². The van der Waals surface area contributed by atoms with Crippen LogP contribution in [0.25, 0.3) is 10.8 Å². The number of benzene rings is 1. The normalized spacial score (nSPS) is 14.2. The van der Waals surface area contributed by atoms with Gasteiger partial charge in [-0.15, -0.1) is 0 Å². The SMILES string of the molecule is CC[C@H](NS(=O)(=O)c1ncc(C)c2ccccc12)C(F)(F)F. The van der Waals surface area contributed by atoms with Gasteiger partial charge in [-0.05, 0) is 24.3 Å². The highest BCUT2D eigenvalue weighted by Gasteiger charge is 2.41. The van der Waals surface area contributed by atoms with E-state index in [2.05, 4.69) is 4.98 Å². The highest BCUT2D eigenvalue weighted by molar-refractivity contribution is 7.89. The summed E-state index contributed by atoms with van der Waals surface area (Å²) in [6.07, 6.45) is -3.71. The first kappa shape index (κ1) is 16.7. The summed E-state index contributed by atoms with van der Waals surface area (Å²) in [7, 11) is -4.38. The molecule has 0 saturated heterocycles. The summed E-state index contributed by atoms with van der Waals surface area (Å²) in [6.45, 7) is 3.02. The van der Waals surface area contributed by atoms with Crippen molar-refractivity contribution >= 4 is 20.8 Å². The summed E-state index contributed by atoms with van der Waals surface area (Å²) >= 11 is 0. The first-order valence-corrected chi connectivity index (χ1v) is 8.08. The Balaban J connectivity index is 2.53. The van der Waals surface area contributed by atoms with Crippen LogP contribution in [0.1, 0.15) is 18.9 Å². The Bertz CT molecular complexity index is 788. The summed E-state index contributed by atoms with van der Waals surface area (Å²) in [6, 6.07) is 4.43. The molecule has 1 aromatic carbocycles. The number of aromatic nitrogens is 1. The monoisotopic (exact) mass is 332 g/mol. The minimum Gasteiger partial charge on any atom is -0.243 e. The molecule has 0 aliphatic rings. The van der Waals surface area contributed by atoms with Crippen molar-refractivity contribution in [2.75, 3.05) is 0 Å². The molecule has 1 atom stereocenters. The Morgan fingerprint density at radius 3 is 2.36 bits per heavy atom. The standard InChI is InChI=1S/C14H15F3N2O2S/c1-3-12(14(15,16)17)19-22(20,21)13-11-7-5-4-6-10(11)9(2)8-18-13/h4-8,12,19H,3H2,1-2H3/t12-/m0/s1. The maximum atomic E-state index is 12.8. The quantitative estimate of drug-likeness (QED) is 0.935. The van der Waals surface area contributed by atoms with Crippen LogP contribution in [0.2, 0.25) is 0 Å². The topological polar surface area (TPSA) is 59.1 Å². The molecule has 4 nitrogen and oxygen atoms in total. The van der Waals surface area contributed by atoms with E-state index in [1.807, 2.05) is 0 Å². The molecule has 2 rings (SSSR count). The van der Waals surface area contributed by atoms with Gasteiger partial charge in [0.15, 0.2) is 5.03 Å². The van der Waals surface area contributed by atoms with E-state index in [9.17, 15) is 21.6 Å². The molecule has 120 valence electrons. The Morgan fingerprint density at radius 1 is 1.23 bits per heavy atom. The fourth-order valence-electron chi connectivity index (χ4n) is 2.15. The second kappa shape index (κ2) is 5.85. The Labute approximate surface area is 126 Å². The molecule has 0 unspecified atom stereocenters. The summed E-state index contributed by atoms with van der Waals surface area (Å²) in [4.78, 5) is 3.83. The van der Waals surface area contributed by atoms with Gasteiger partial charge in [-0.25, -0.2) is 13.4 Å². The van der Waals surface area contributed by atoms with Crippen molar-refractivity contribution in [3.8, 4) is 0 Å². The third-order valence-corrected chi connectivity index (χ3v) is 4.74. The number of nitrogens with zero attached hydrogens (tertiary/aromatic N) is 1. The molecule has 1 heterocycles. The number of hydrogen-bond acceptors (Lipinski definition) is 3. The predicted molar refractivity (Wildman–Crippen MR) is 76.9 cm³/mol. The summed E-state index contributed by atoms with van der Waals surface area (Å²) < 4.78 is 64.7. The van der Waals surface area contributed by atoms with Crippen LogP contribution in [0.5, 0.6) is 0 Å². The Hall–Kier alpha value is -1.67. The van der Waals surface area contributed by atoms with Gasteiger partial charge in [0.25, 0.3) is 10.0 Å². The number of rotatable bonds is 4. The Kier molecular flexibility index (Phi) is 4.44. The van der Waals surface area contributed by atoms with Crippen molar-refractivity contribution < 1.29 is 21.6 Å². The molecule has 8 heteroatoms. The number of hydrogen-bond donors (Lipinski definition) is 1. The summed E-state index contributed by atoms with van der Waals surface area (Å²) in [5, 5.41) is 0.543. The molecular weight excluding hydrogens is 317 g/mol. The van der Waals surface area contributed by atoms with E-state index < -0.39 is 33.7 Å². The second-order valence-corrected chi connectivity index (χ2v) is 6.54. The van der Waals surface area contributed by atoms with Gasteiger partial charge < -0.3 is 0 Å². The van der Waals surface area contributed by atoms with Gasteiger partial charge in [0, 0.05) is 11.6 Å². The first-order chi connectivity index (χ1) is 10.2. The zero-order valence-corrected chi connectivity index (χ0v) is 12.8. The van der Waals surface area contributed by atoms with Gasteiger partial charge in [0.2, 0.25) is 0 Å². The molecule has 0 saturated carbocycles. The van der Waals surface area contributed by atoms with Crippen LogP contribution in [0.15, 0.2) is 35.5 Å². The van der Waals surface area contributed by atoms with Gasteiger partial charge in [0.1, 0.15) is 6.04 Å². The number of sulfonamides is 1. The minimum atomic E-state index is -4.65. The lowest BCUT2D eigenvalue weighted by Gasteiger charge is -2.20. The van der Waals surface area contributed by atoms with Crippen LogP contribution in [0.3, 0.4) is 0 Å². The number of fused-ring (bicyclic) bond motifs is 1. The smallest absolute Gasteiger partial charge is 0.243 e. The highest BCUT2D eigenvalue weighted by Crippen LogP contribution is 2.27. The third kappa shape index (κ3) is 3.22. The number of halogens is 3. The van der Waals surface area contributed by atoms with Crippen LogP contribution >= 0.6 is 0 Å². The van der Waals surface area contributed by atoms with Gasteiger partial charge in [-0.3, -0.25) is 0 Å². The van der Waals surface area contributed by atoms with E-state index in [1.54, 1.807) is 29.8 Å². The van der Waals surface area contributed by atoms with Crippen LogP contribution in [0.4, 0.5) is 13.2 Å². The van der Waals surface area contributed by atoms with E-state index in [0.29, 0.717) is 10.8 Å². The maximum Gasteiger partial charge on any atom is 0.404 e. The fraction of sp³-hybridized carbons (Fsp3) is 0.357. The first-order valence-electron chi connectivity index (χ1n) is 6.60. The van der Waals surface area contributed by atoms with E-state index >= 15 is 0 Å². The lowest BCUT2D eigenvalue weighted by Crippen LogP contribution is -2.45. The molecule has 0 fully saturated rings. The van der Waals surface area contributed by atoms with Crippen molar-refractivity contribution in [3.05, 3.63) is 36.0 Å². The molecule has 0 aliphatic heterocycles. The van der Waals surface area contributed by atoms with Crippen molar-refractivity contribution in [1.82, 2.24) is 9.71 Å². The fourth-order valence-corrected chi connectivity index (χ4v) is 3.59. The molecule has 0 bridgehead atoms. The average molecular weight is 332 g/mol. The molecule has 1 aromatic heterocycles. The Morgan fingerprint density at radius 2 is 1.82 bits per heavy atom. The van der Waals surface area contributed by atoms with Gasteiger partial charge in [0.05, 0.1) is 0 Å². The zero-order valence-electron chi connectivity index (χ0n) is 12.0. The van der Waals surface area contributed by atoms with Gasteiger partial charge >= 0.3 is 6.18 Å². The number of alkyl halides is 3. The summed E-state index contributed by atoms with van der Waals surface area (Å²) in [5.74, 6) is 0. The molecule has 2 aromatic rings. The van der Waals surface area contributed by atoms with Gasteiger partial charge in [-0.2, -0.15) is 17.9 Å². The maximum absolute atomic E-state index is 12.8. The third-order valence-electron chi connectivity index (χ3n) is 3.31.